The topological polar surface area (TPSA) is 66.6 Å². The van der Waals surface area contributed by atoms with Crippen molar-refractivity contribution in [2.45, 2.75) is 39.3 Å². The number of halogens is 1. The highest BCUT2D eigenvalue weighted by Gasteiger charge is 2.20. The average molecular weight is 301 g/mol. The fourth-order valence-electron chi connectivity index (χ4n) is 2.40. The van der Waals surface area contributed by atoms with E-state index < -0.39 is 4.92 Å². The lowest BCUT2D eigenvalue weighted by Gasteiger charge is -2.29. The number of benzene rings is 1. The zero-order chi connectivity index (χ0) is 15.1. The summed E-state index contributed by atoms with van der Waals surface area (Å²) in [4.78, 5) is 12.8. The maximum atomic E-state index is 11.1. The molecule has 5 nitrogen and oxygen atoms in total. The van der Waals surface area contributed by atoms with Crippen LogP contribution in [-0.4, -0.2) is 34.1 Å². The number of nitro groups is 1. The predicted molar refractivity (Wildman–Crippen MR) is 80.0 cm³/mol. The standard InChI is InChI=1S/C14H21ClN2O3/c1-3-13(4-2)16(7-8-18)10-11-9-12(15)5-6-14(11)17(19)20/h5-6,9,13,18H,3-4,7-8,10H2,1-2H3. The molecule has 0 aliphatic rings. The van der Waals surface area contributed by atoms with Crippen molar-refractivity contribution < 1.29 is 10.0 Å². The van der Waals surface area contributed by atoms with Crippen molar-refractivity contribution >= 4 is 17.3 Å². The molecule has 0 bridgehead atoms. The SMILES string of the molecule is CCC(CC)N(CCO)Cc1cc(Cl)ccc1[N+](=O)[O-]. The first-order valence-corrected chi connectivity index (χ1v) is 7.18. The van der Waals surface area contributed by atoms with E-state index in [9.17, 15) is 15.2 Å². The van der Waals surface area contributed by atoms with Crippen LogP contribution in [0.3, 0.4) is 0 Å². The van der Waals surface area contributed by atoms with E-state index in [0.29, 0.717) is 29.7 Å². The van der Waals surface area contributed by atoms with Gasteiger partial charge in [0.15, 0.2) is 0 Å². The molecule has 1 N–H and O–H groups in total. The summed E-state index contributed by atoms with van der Waals surface area (Å²) in [7, 11) is 0. The molecule has 0 fully saturated rings. The Morgan fingerprint density at radius 1 is 1.40 bits per heavy atom. The summed E-state index contributed by atoms with van der Waals surface area (Å²) in [6.07, 6.45) is 1.87. The molecule has 0 aliphatic carbocycles. The van der Waals surface area contributed by atoms with Crippen LogP contribution in [0.4, 0.5) is 5.69 Å². The molecule has 0 atom stereocenters. The van der Waals surface area contributed by atoms with Crippen LogP contribution in [0.1, 0.15) is 32.3 Å². The lowest BCUT2D eigenvalue weighted by molar-refractivity contribution is -0.385. The number of nitrogens with zero attached hydrogens (tertiary/aromatic N) is 2. The Morgan fingerprint density at radius 2 is 2.05 bits per heavy atom. The Bertz CT molecular complexity index is 450. The average Bonchev–Trinajstić information content (AvgIpc) is 2.40. The first-order chi connectivity index (χ1) is 9.53. The Labute approximate surface area is 124 Å². The Hall–Kier alpha value is -1.17. The number of nitro benzene ring substituents is 1. The van der Waals surface area contributed by atoms with Crippen molar-refractivity contribution in [3.05, 3.63) is 38.9 Å². The van der Waals surface area contributed by atoms with Crippen LogP contribution in [0, 0.1) is 10.1 Å². The smallest absolute Gasteiger partial charge is 0.273 e. The highest BCUT2D eigenvalue weighted by atomic mass is 35.5. The summed E-state index contributed by atoms with van der Waals surface area (Å²) in [5, 5.41) is 20.7. The summed E-state index contributed by atoms with van der Waals surface area (Å²) in [5.74, 6) is 0. The third-order valence-electron chi connectivity index (χ3n) is 3.46. The van der Waals surface area contributed by atoms with Gasteiger partial charge in [-0.3, -0.25) is 15.0 Å². The molecular formula is C14H21ClN2O3. The van der Waals surface area contributed by atoms with Crippen LogP contribution in [0.15, 0.2) is 18.2 Å². The van der Waals surface area contributed by atoms with Gasteiger partial charge in [0.2, 0.25) is 0 Å². The van der Waals surface area contributed by atoms with Crippen LogP contribution in [0.25, 0.3) is 0 Å². The molecule has 0 unspecified atom stereocenters. The second kappa shape index (κ2) is 8.19. The minimum Gasteiger partial charge on any atom is -0.395 e. The zero-order valence-electron chi connectivity index (χ0n) is 11.9. The van der Waals surface area contributed by atoms with Crippen molar-refractivity contribution in [1.82, 2.24) is 4.90 Å². The van der Waals surface area contributed by atoms with E-state index in [1.54, 1.807) is 6.07 Å². The van der Waals surface area contributed by atoms with Gasteiger partial charge in [0, 0.05) is 35.8 Å². The monoisotopic (exact) mass is 300 g/mol. The van der Waals surface area contributed by atoms with Gasteiger partial charge in [-0.25, -0.2) is 0 Å². The van der Waals surface area contributed by atoms with E-state index in [4.69, 9.17) is 11.6 Å². The Morgan fingerprint density at radius 3 is 2.55 bits per heavy atom. The van der Waals surface area contributed by atoms with Gasteiger partial charge >= 0.3 is 0 Å². The van der Waals surface area contributed by atoms with Crippen LogP contribution in [0.5, 0.6) is 0 Å². The molecule has 20 heavy (non-hydrogen) atoms. The van der Waals surface area contributed by atoms with Crippen molar-refractivity contribution in [3.8, 4) is 0 Å². The molecule has 0 amide bonds. The lowest BCUT2D eigenvalue weighted by atomic mass is 10.1. The highest BCUT2D eigenvalue weighted by molar-refractivity contribution is 6.30. The molecule has 6 heteroatoms. The molecule has 0 saturated heterocycles. The van der Waals surface area contributed by atoms with Crippen molar-refractivity contribution in [2.24, 2.45) is 0 Å². The summed E-state index contributed by atoms with van der Waals surface area (Å²) in [6.45, 7) is 5.10. The maximum absolute atomic E-state index is 11.1. The minimum atomic E-state index is -0.393. The first kappa shape index (κ1) is 16.9. The molecule has 0 saturated carbocycles. The van der Waals surface area contributed by atoms with Gasteiger partial charge in [0.05, 0.1) is 11.5 Å². The minimum absolute atomic E-state index is 0.0326. The van der Waals surface area contributed by atoms with Crippen LogP contribution in [-0.2, 0) is 6.54 Å². The van der Waals surface area contributed by atoms with Crippen LogP contribution >= 0.6 is 11.6 Å². The second-order valence-electron chi connectivity index (χ2n) is 4.69. The van der Waals surface area contributed by atoms with Gasteiger partial charge in [0.1, 0.15) is 0 Å². The molecular weight excluding hydrogens is 280 g/mol. The summed E-state index contributed by atoms with van der Waals surface area (Å²) in [5.41, 5.74) is 0.658. The van der Waals surface area contributed by atoms with E-state index in [1.165, 1.54) is 12.1 Å². The van der Waals surface area contributed by atoms with E-state index in [2.05, 4.69) is 18.7 Å². The molecule has 1 rings (SSSR count). The normalized spacial score (nSPS) is 11.3. The molecule has 0 heterocycles. The first-order valence-electron chi connectivity index (χ1n) is 6.81. The largest absolute Gasteiger partial charge is 0.395 e. The Kier molecular flexibility index (Phi) is 6.91. The quantitative estimate of drug-likeness (QED) is 0.591. The third-order valence-corrected chi connectivity index (χ3v) is 3.69. The Balaban J connectivity index is 3.03. The number of rotatable bonds is 8. The van der Waals surface area contributed by atoms with Gasteiger partial charge in [-0.1, -0.05) is 25.4 Å². The molecule has 1 aromatic carbocycles. The fourth-order valence-corrected chi connectivity index (χ4v) is 2.60. The fraction of sp³-hybridized carbons (Fsp3) is 0.571. The van der Waals surface area contributed by atoms with E-state index in [0.717, 1.165) is 12.8 Å². The van der Waals surface area contributed by atoms with Gasteiger partial charge in [-0.05, 0) is 25.0 Å². The van der Waals surface area contributed by atoms with E-state index in [1.807, 2.05) is 0 Å². The molecule has 0 aliphatic heterocycles. The summed E-state index contributed by atoms with van der Waals surface area (Å²) < 4.78 is 0. The van der Waals surface area contributed by atoms with Crippen molar-refractivity contribution in [2.75, 3.05) is 13.2 Å². The highest BCUT2D eigenvalue weighted by Crippen LogP contribution is 2.25. The van der Waals surface area contributed by atoms with Gasteiger partial charge < -0.3 is 5.11 Å². The second-order valence-corrected chi connectivity index (χ2v) is 5.13. The van der Waals surface area contributed by atoms with E-state index in [-0.39, 0.29) is 12.3 Å². The van der Waals surface area contributed by atoms with Crippen molar-refractivity contribution in [1.29, 1.82) is 0 Å². The van der Waals surface area contributed by atoms with E-state index >= 15 is 0 Å². The lowest BCUT2D eigenvalue weighted by Crippen LogP contribution is -2.36. The van der Waals surface area contributed by atoms with Crippen molar-refractivity contribution in [3.63, 3.8) is 0 Å². The maximum Gasteiger partial charge on any atom is 0.273 e. The zero-order valence-corrected chi connectivity index (χ0v) is 12.6. The molecule has 0 radical (unpaired) electrons. The summed E-state index contributed by atoms with van der Waals surface area (Å²) >= 11 is 5.94. The van der Waals surface area contributed by atoms with Gasteiger partial charge in [0.25, 0.3) is 5.69 Å². The number of aliphatic hydroxyl groups is 1. The number of hydrogen-bond acceptors (Lipinski definition) is 4. The van der Waals surface area contributed by atoms with Gasteiger partial charge in [-0.15, -0.1) is 0 Å². The molecule has 1 aromatic rings. The van der Waals surface area contributed by atoms with Crippen LogP contribution < -0.4 is 0 Å². The molecule has 112 valence electrons. The molecule has 0 aromatic heterocycles. The third kappa shape index (κ3) is 4.44. The van der Waals surface area contributed by atoms with Crippen LogP contribution in [0.2, 0.25) is 5.02 Å². The predicted octanol–water partition coefficient (Wildman–Crippen LogP) is 3.23. The number of hydrogen-bond donors (Lipinski definition) is 1. The summed E-state index contributed by atoms with van der Waals surface area (Å²) in [6, 6.07) is 4.88. The van der Waals surface area contributed by atoms with Gasteiger partial charge in [-0.2, -0.15) is 0 Å². The number of aliphatic hydroxyl groups excluding tert-OH is 1. The molecule has 0 spiro atoms.